The molecule has 0 unspecified atom stereocenters. The van der Waals surface area contributed by atoms with Crippen LogP contribution in [0.4, 0.5) is 0 Å². The van der Waals surface area contributed by atoms with Crippen molar-refractivity contribution >= 4 is 6.29 Å². The van der Waals surface area contributed by atoms with Crippen LogP contribution in [0.1, 0.15) is 51.4 Å². The van der Waals surface area contributed by atoms with Crippen LogP contribution in [0.3, 0.4) is 0 Å². The van der Waals surface area contributed by atoms with E-state index in [1.54, 1.807) is 0 Å². The fourth-order valence-electron chi connectivity index (χ4n) is 4.42. The summed E-state index contributed by atoms with van der Waals surface area (Å²) < 4.78 is 5.44. The number of nitrogens with zero attached hydrogens (tertiary/aromatic N) is 1. The lowest BCUT2D eigenvalue weighted by Gasteiger charge is -2.47. The molecular weight excluding hydrogens is 238 g/mol. The lowest BCUT2D eigenvalue weighted by atomic mass is 9.75. The van der Waals surface area contributed by atoms with Crippen molar-refractivity contribution in [1.82, 2.24) is 4.90 Å². The number of aldehydes is 1. The third-order valence-corrected chi connectivity index (χ3v) is 5.61. The van der Waals surface area contributed by atoms with Gasteiger partial charge >= 0.3 is 0 Å². The molecule has 0 aromatic carbocycles. The number of carbonyl (C=O) groups excluding carboxylic acids is 1. The SMILES string of the molecule is O=CC1(CN2CCC[C@H]3CCCC[C@H]32)CCOCC1. The molecule has 3 nitrogen and oxygen atoms in total. The number of rotatable bonds is 3. The van der Waals surface area contributed by atoms with Gasteiger partial charge in [0.1, 0.15) is 6.29 Å². The van der Waals surface area contributed by atoms with E-state index in [4.69, 9.17) is 4.74 Å². The molecule has 0 aromatic rings. The number of piperidine rings is 1. The summed E-state index contributed by atoms with van der Waals surface area (Å²) in [5.41, 5.74) is -0.114. The van der Waals surface area contributed by atoms with Crippen LogP contribution in [-0.4, -0.2) is 43.5 Å². The molecule has 3 fully saturated rings. The topological polar surface area (TPSA) is 29.5 Å². The van der Waals surface area contributed by atoms with Crippen molar-refractivity contribution in [3.8, 4) is 0 Å². The molecule has 2 atom stereocenters. The van der Waals surface area contributed by atoms with E-state index in [-0.39, 0.29) is 5.41 Å². The van der Waals surface area contributed by atoms with Gasteiger partial charge < -0.3 is 9.53 Å². The molecule has 1 saturated carbocycles. The van der Waals surface area contributed by atoms with Crippen molar-refractivity contribution in [2.75, 3.05) is 26.3 Å². The molecule has 2 saturated heterocycles. The number of ether oxygens (including phenoxy) is 1. The van der Waals surface area contributed by atoms with Crippen LogP contribution >= 0.6 is 0 Å². The van der Waals surface area contributed by atoms with E-state index in [2.05, 4.69) is 4.90 Å². The zero-order valence-corrected chi connectivity index (χ0v) is 12.0. The first kappa shape index (κ1) is 13.6. The van der Waals surface area contributed by atoms with Gasteiger partial charge in [0.05, 0.1) is 0 Å². The van der Waals surface area contributed by atoms with Crippen molar-refractivity contribution in [1.29, 1.82) is 0 Å². The zero-order valence-electron chi connectivity index (χ0n) is 12.0. The highest BCUT2D eigenvalue weighted by Gasteiger charge is 2.39. The maximum absolute atomic E-state index is 11.6. The van der Waals surface area contributed by atoms with Gasteiger partial charge in [0.25, 0.3) is 0 Å². The largest absolute Gasteiger partial charge is 0.381 e. The highest BCUT2D eigenvalue weighted by molar-refractivity contribution is 5.60. The number of hydrogen-bond donors (Lipinski definition) is 0. The first-order chi connectivity index (χ1) is 9.33. The molecule has 0 radical (unpaired) electrons. The van der Waals surface area contributed by atoms with Crippen molar-refractivity contribution in [3.05, 3.63) is 0 Å². The number of hydrogen-bond acceptors (Lipinski definition) is 3. The highest BCUT2D eigenvalue weighted by Crippen LogP contribution is 2.38. The molecule has 1 aliphatic carbocycles. The van der Waals surface area contributed by atoms with E-state index in [9.17, 15) is 4.79 Å². The Morgan fingerprint density at radius 2 is 1.84 bits per heavy atom. The Labute approximate surface area is 116 Å². The van der Waals surface area contributed by atoms with Gasteiger partial charge in [-0.3, -0.25) is 4.90 Å². The van der Waals surface area contributed by atoms with E-state index in [0.29, 0.717) is 0 Å². The minimum absolute atomic E-state index is 0.114. The first-order valence-corrected chi connectivity index (χ1v) is 8.11. The Hall–Kier alpha value is -0.410. The maximum Gasteiger partial charge on any atom is 0.127 e. The van der Waals surface area contributed by atoms with Gasteiger partial charge in [0.15, 0.2) is 0 Å². The minimum Gasteiger partial charge on any atom is -0.381 e. The smallest absolute Gasteiger partial charge is 0.127 e. The third-order valence-electron chi connectivity index (χ3n) is 5.61. The maximum atomic E-state index is 11.6. The molecule has 108 valence electrons. The van der Waals surface area contributed by atoms with Crippen LogP contribution < -0.4 is 0 Å². The minimum atomic E-state index is -0.114. The van der Waals surface area contributed by atoms with Crippen molar-refractivity contribution in [3.63, 3.8) is 0 Å². The lowest BCUT2D eigenvalue weighted by molar-refractivity contribution is -0.124. The zero-order chi connectivity index (χ0) is 13.1. The fourth-order valence-corrected chi connectivity index (χ4v) is 4.42. The number of fused-ring (bicyclic) bond motifs is 1. The summed E-state index contributed by atoms with van der Waals surface area (Å²) in [5.74, 6) is 0.908. The van der Waals surface area contributed by atoms with E-state index >= 15 is 0 Å². The molecule has 3 heteroatoms. The average molecular weight is 265 g/mol. The standard InChI is InChI=1S/C16H27NO2/c18-13-16(7-10-19-11-8-16)12-17-9-3-5-14-4-1-2-6-15(14)17/h13-15H,1-12H2/t14-,15-/m1/s1. The predicted octanol–water partition coefficient (Wildman–Crippen LogP) is 2.64. The summed E-state index contributed by atoms with van der Waals surface area (Å²) in [6, 6.07) is 0.766. The Kier molecular flexibility index (Phi) is 4.23. The second-order valence-corrected chi connectivity index (χ2v) is 6.82. The molecule has 2 aliphatic heterocycles. The molecule has 0 amide bonds. The molecule has 19 heavy (non-hydrogen) atoms. The number of likely N-dealkylation sites (tertiary alicyclic amines) is 1. The molecule has 3 aliphatic rings. The van der Waals surface area contributed by atoms with Gasteiger partial charge in [0.2, 0.25) is 0 Å². The average Bonchev–Trinajstić information content (AvgIpc) is 2.49. The second kappa shape index (κ2) is 5.92. The van der Waals surface area contributed by atoms with Gasteiger partial charge in [-0.2, -0.15) is 0 Å². The van der Waals surface area contributed by atoms with Crippen LogP contribution in [0, 0.1) is 11.3 Å². The second-order valence-electron chi connectivity index (χ2n) is 6.82. The van der Waals surface area contributed by atoms with Crippen LogP contribution in [0.5, 0.6) is 0 Å². The van der Waals surface area contributed by atoms with Gasteiger partial charge in [-0.25, -0.2) is 0 Å². The van der Waals surface area contributed by atoms with E-state index in [1.807, 2.05) is 0 Å². The van der Waals surface area contributed by atoms with Crippen molar-refractivity contribution in [2.24, 2.45) is 11.3 Å². The van der Waals surface area contributed by atoms with Crippen molar-refractivity contribution < 1.29 is 9.53 Å². The summed E-state index contributed by atoms with van der Waals surface area (Å²) in [5, 5.41) is 0. The molecule has 3 rings (SSSR count). The van der Waals surface area contributed by atoms with Crippen molar-refractivity contribution in [2.45, 2.75) is 57.4 Å². The third kappa shape index (κ3) is 2.87. The summed E-state index contributed by atoms with van der Waals surface area (Å²) in [6.45, 7) is 3.72. The lowest BCUT2D eigenvalue weighted by Crippen LogP contribution is -2.52. The Morgan fingerprint density at radius 3 is 2.63 bits per heavy atom. The quantitative estimate of drug-likeness (QED) is 0.735. The monoisotopic (exact) mass is 265 g/mol. The van der Waals surface area contributed by atoms with Gasteiger partial charge in [-0.1, -0.05) is 12.8 Å². The van der Waals surface area contributed by atoms with Gasteiger partial charge in [-0.05, 0) is 51.0 Å². The van der Waals surface area contributed by atoms with Crippen LogP contribution in [-0.2, 0) is 9.53 Å². The van der Waals surface area contributed by atoms with Gasteiger partial charge in [-0.15, -0.1) is 0 Å². The van der Waals surface area contributed by atoms with Crippen LogP contribution in [0.2, 0.25) is 0 Å². The molecule has 0 bridgehead atoms. The molecule has 0 spiro atoms. The highest BCUT2D eigenvalue weighted by atomic mass is 16.5. The Balaban J connectivity index is 1.68. The summed E-state index contributed by atoms with van der Waals surface area (Å²) in [4.78, 5) is 14.3. The molecule has 0 N–H and O–H groups in total. The van der Waals surface area contributed by atoms with Crippen LogP contribution in [0.25, 0.3) is 0 Å². The van der Waals surface area contributed by atoms with E-state index in [0.717, 1.165) is 44.6 Å². The fraction of sp³-hybridized carbons (Fsp3) is 0.938. The van der Waals surface area contributed by atoms with E-state index < -0.39 is 0 Å². The summed E-state index contributed by atoms with van der Waals surface area (Å²) in [6.07, 6.45) is 11.4. The number of carbonyl (C=O) groups is 1. The Bertz CT molecular complexity index is 310. The normalized spacial score (nSPS) is 35.6. The first-order valence-electron chi connectivity index (χ1n) is 8.11. The van der Waals surface area contributed by atoms with E-state index in [1.165, 1.54) is 51.4 Å². The molecular formula is C16H27NO2. The summed E-state index contributed by atoms with van der Waals surface area (Å²) >= 11 is 0. The van der Waals surface area contributed by atoms with Crippen LogP contribution in [0.15, 0.2) is 0 Å². The molecule has 0 aromatic heterocycles. The Morgan fingerprint density at radius 1 is 1.11 bits per heavy atom. The molecule has 2 heterocycles. The van der Waals surface area contributed by atoms with Gasteiger partial charge in [0, 0.05) is 31.2 Å². The predicted molar refractivity (Wildman–Crippen MR) is 75.1 cm³/mol. The summed E-state index contributed by atoms with van der Waals surface area (Å²) in [7, 11) is 0.